The Morgan fingerprint density at radius 3 is 2.67 bits per heavy atom. The third kappa shape index (κ3) is 4.20. The Balaban J connectivity index is 1.17. The Morgan fingerprint density at radius 2 is 1.93 bits per heavy atom. The molecule has 1 aromatic carbocycles. The lowest BCUT2D eigenvalue weighted by atomic mass is 9.43. The highest BCUT2D eigenvalue weighted by Gasteiger charge is 2.63. The van der Waals surface area contributed by atoms with Gasteiger partial charge in [0.05, 0.1) is 16.7 Å². The van der Waals surface area contributed by atoms with E-state index in [2.05, 4.69) is 36.4 Å². The maximum Gasteiger partial charge on any atom is 0.303 e. The van der Waals surface area contributed by atoms with Crippen LogP contribution < -0.4 is 5.32 Å². The fourth-order valence-electron chi connectivity index (χ4n) is 10.2. The molecule has 4 aliphatic carbocycles. The van der Waals surface area contributed by atoms with E-state index in [9.17, 15) is 25.1 Å². The Bertz CT molecular complexity index is 1300. The van der Waals surface area contributed by atoms with Crippen LogP contribution in [0.15, 0.2) is 16.8 Å². The molecule has 4 fully saturated rings. The molecule has 0 saturated heterocycles. The number of non-ortho nitro benzene ring substituents is 1. The fraction of sp³-hybridized carbons (Fsp3) is 0.767. The molecule has 6 rings (SSSR count). The van der Waals surface area contributed by atoms with Gasteiger partial charge >= 0.3 is 11.7 Å². The SMILES string of the molecule is C[C@H](CCC(=O)O)[C@H]1CC[C@H]2[C@@H]3CC[C@@H]4C[C@H](Nc5ccc([N+](=O)[O-])c6nonc56)CC[C@]4(C)[C@H]3C[C@H](O)[C@]12C. The van der Waals surface area contributed by atoms with Crippen LogP contribution in [0.3, 0.4) is 0 Å². The minimum atomic E-state index is -0.733. The monoisotopic (exact) mass is 554 g/mol. The first kappa shape index (κ1) is 27.4. The number of nitro groups is 1. The van der Waals surface area contributed by atoms with Crippen molar-refractivity contribution in [2.45, 2.75) is 97.1 Å². The lowest BCUT2D eigenvalue weighted by molar-refractivity contribution is -0.383. The summed E-state index contributed by atoms with van der Waals surface area (Å²) in [5.74, 6) is 2.11. The number of carboxylic acids is 1. The van der Waals surface area contributed by atoms with Crippen molar-refractivity contribution in [3.63, 3.8) is 0 Å². The zero-order valence-electron chi connectivity index (χ0n) is 23.7. The minimum absolute atomic E-state index is 0.107. The lowest BCUT2D eigenvalue weighted by Gasteiger charge is -2.62. The molecule has 4 saturated carbocycles. The molecule has 0 radical (unpaired) electrons. The minimum Gasteiger partial charge on any atom is -0.481 e. The highest BCUT2D eigenvalue weighted by atomic mass is 16.6. The number of aromatic nitrogens is 2. The third-order valence-electron chi connectivity index (χ3n) is 12.3. The molecule has 2 aromatic rings. The maximum absolute atomic E-state index is 11.8. The summed E-state index contributed by atoms with van der Waals surface area (Å²) in [6, 6.07) is 3.41. The van der Waals surface area contributed by atoms with E-state index in [0.717, 1.165) is 44.2 Å². The molecule has 0 unspecified atom stereocenters. The first-order chi connectivity index (χ1) is 19.0. The first-order valence-corrected chi connectivity index (χ1v) is 15.1. The molecular formula is C30H42N4O6. The van der Waals surface area contributed by atoms with Crippen molar-refractivity contribution in [3.05, 3.63) is 22.2 Å². The van der Waals surface area contributed by atoms with Gasteiger partial charge in [0.25, 0.3) is 0 Å². The van der Waals surface area contributed by atoms with Gasteiger partial charge in [-0.15, -0.1) is 0 Å². The number of nitrogens with zero attached hydrogens (tertiary/aromatic N) is 3. The van der Waals surface area contributed by atoms with Gasteiger partial charge in [-0.3, -0.25) is 14.9 Å². The molecule has 218 valence electrons. The van der Waals surface area contributed by atoms with Crippen molar-refractivity contribution in [1.82, 2.24) is 10.3 Å². The predicted octanol–water partition coefficient (Wildman–Crippen LogP) is 6.04. The zero-order chi connectivity index (χ0) is 28.4. The number of carbonyl (C=O) groups is 1. The normalized spacial score (nSPS) is 39.6. The second-order valence-corrected chi connectivity index (χ2v) is 13.8. The van der Waals surface area contributed by atoms with Crippen LogP contribution in [0.1, 0.15) is 85.0 Å². The quantitative estimate of drug-likeness (QED) is 0.275. The Hall–Kier alpha value is -2.75. The molecule has 3 N–H and O–H groups in total. The van der Waals surface area contributed by atoms with Gasteiger partial charge in [0, 0.05) is 18.5 Å². The highest BCUT2D eigenvalue weighted by Crippen LogP contribution is 2.68. The van der Waals surface area contributed by atoms with E-state index >= 15 is 0 Å². The summed E-state index contributed by atoms with van der Waals surface area (Å²) in [5, 5.41) is 43.7. The highest BCUT2D eigenvalue weighted by molar-refractivity contribution is 5.93. The van der Waals surface area contributed by atoms with Crippen molar-refractivity contribution >= 4 is 28.4 Å². The van der Waals surface area contributed by atoms with Gasteiger partial charge in [0.1, 0.15) is 0 Å². The molecule has 4 aliphatic rings. The molecule has 0 spiro atoms. The molecule has 0 bridgehead atoms. The van der Waals surface area contributed by atoms with Crippen molar-refractivity contribution in [2.24, 2.45) is 46.3 Å². The molecule has 40 heavy (non-hydrogen) atoms. The number of nitrogens with one attached hydrogen (secondary N) is 1. The van der Waals surface area contributed by atoms with E-state index in [-0.39, 0.29) is 40.6 Å². The maximum atomic E-state index is 11.8. The zero-order valence-corrected chi connectivity index (χ0v) is 23.7. The summed E-state index contributed by atoms with van der Waals surface area (Å²) in [6.07, 6.45) is 9.09. The second-order valence-electron chi connectivity index (χ2n) is 13.8. The number of anilines is 1. The van der Waals surface area contributed by atoms with Crippen LogP contribution >= 0.6 is 0 Å². The van der Waals surface area contributed by atoms with Crippen molar-refractivity contribution in [3.8, 4) is 0 Å². The van der Waals surface area contributed by atoms with Gasteiger partial charge in [0.2, 0.25) is 5.52 Å². The number of fused-ring (bicyclic) bond motifs is 6. The van der Waals surface area contributed by atoms with E-state index in [4.69, 9.17) is 4.63 Å². The average molecular weight is 555 g/mol. The van der Waals surface area contributed by atoms with Gasteiger partial charge in [-0.05, 0) is 121 Å². The summed E-state index contributed by atoms with van der Waals surface area (Å²) in [4.78, 5) is 22.1. The smallest absolute Gasteiger partial charge is 0.303 e. The van der Waals surface area contributed by atoms with Crippen LogP contribution in [0.5, 0.6) is 0 Å². The number of aliphatic hydroxyl groups excluding tert-OH is 1. The number of rotatable bonds is 7. The van der Waals surface area contributed by atoms with E-state index in [1.165, 1.54) is 18.9 Å². The van der Waals surface area contributed by atoms with Crippen LogP contribution in [0.4, 0.5) is 11.4 Å². The number of aliphatic hydroxyl groups is 1. The molecule has 10 heteroatoms. The van der Waals surface area contributed by atoms with Gasteiger partial charge < -0.3 is 15.5 Å². The number of hydrogen-bond acceptors (Lipinski definition) is 8. The first-order valence-electron chi connectivity index (χ1n) is 15.1. The van der Waals surface area contributed by atoms with Crippen LogP contribution in [0, 0.1) is 56.5 Å². The van der Waals surface area contributed by atoms with Crippen molar-refractivity contribution < 1.29 is 24.6 Å². The molecule has 0 aliphatic heterocycles. The third-order valence-corrected chi connectivity index (χ3v) is 12.3. The van der Waals surface area contributed by atoms with Crippen LogP contribution in [-0.2, 0) is 4.79 Å². The van der Waals surface area contributed by atoms with Gasteiger partial charge in [0.15, 0.2) is 5.52 Å². The summed E-state index contributed by atoms with van der Waals surface area (Å²) in [5.41, 5.74) is 1.23. The predicted molar refractivity (Wildman–Crippen MR) is 149 cm³/mol. The van der Waals surface area contributed by atoms with Gasteiger partial charge in [-0.25, -0.2) is 4.63 Å². The van der Waals surface area contributed by atoms with E-state index in [1.54, 1.807) is 6.07 Å². The van der Waals surface area contributed by atoms with Crippen molar-refractivity contribution in [1.29, 1.82) is 0 Å². The van der Waals surface area contributed by atoms with E-state index < -0.39 is 10.9 Å². The number of nitro benzene ring substituents is 1. The lowest BCUT2D eigenvalue weighted by Crippen LogP contribution is -2.59. The van der Waals surface area contributed by atoms with Gasteiger partial charge in [-0.2, -0.15) is 0 Å². The Kier molecular flexibility index (Phi) is 6.83. The summed E-state index contributed by atoms with van der Waals surface area (Å²) in [6.45, 7) is 6.97. The summed E-state index contributed by atoms with van der Waals surface area (Å²) >= 11 is 0. The Labute approximate surface area is 234 Å². The van der Waals surface area contributed by atoms with Crippen LogP contribution in [0.25, 0.3) is 11.0 Å². The summed E-state index contributed by atoms with van der Waals surface area (Å²) in [7, 11) is 0. The number of carboxylic acid groups (broad SMARTS) is 1. The Morgan fingerprint density at radius 1 is 1.15 bits per heavy atom. The van der Waals surface area contributed by atoms with E-state index in [0.29, 0.717) is 47.4 Å². The molecule has 1 aromatic heterocycles. The number of aliphatic carboxylic acids is 1. The average Bonchev–Trinajstić information content (AvgIpc) is 3.54. The largest absolute Gasteiger partial charge is 0.481 e. The number of benzene rings is 1. The summed E-state index contributed by atoms with van der Waals surface area (Å²) < 4.78 is 4.85. The molecule has 10 atom stereocenters. The fourth-order valence-corrected chi connectivity index (χ4v) is 10.2. The molecule has 10 nitrogen and oxygen atoms in total. The molecule has 0 amide bonds. The molecule has 1 heterocycles. The van der Waals surface area contributed by atoms with Crippen LogP contribution in [-0.4, -0.2) is 43.6 Å². The standard InChI is InChI=1S/C30H42N4O6/c1-16(4-11-26(36)37)20-7-8-21-19-6-5-17-14-18(12-13-29(17,2)22(19)15-25(35)30(20,21)3)31-23-9-10-24(34(38)39)28-27(23)32-40-33-28/h9-10,16-22,25,31,35H,4-8,11-15H2,1-3H3,(H,36,37)/t16-,17-,18-,19+,20-,21+,22+,25+,29+,30-/m1/s1. The molecular weight excluding hydrogens is 512 g/mol. The van der Waals surface area contributed by atoms with Crippen LogP contribution in [0.2, 0.25) is 0 Å². The van der Waals surface area contributed by atoms with E-state index in [1.807, 2.05) is 0 Å². The van der Waals surface area contributed by atoms with Gasteiger partial charge in [-0.1, -0.05) is 20.8 Å². The van der Waals surface area contributed by atoms with Crippen molar-refractivity contribution in [2.75, 3.05) is 5.32 Å². The topological polar surface area (TPSA) is 152 Å². The second kappa shape index (κ2) is 9.96. The number of hydrogen-bond donors (Lipinski definition) is 3.